The number of hydrogen-bond donors (Lipinski definition) is 0. The van der Waals surface area contributed by atoms with E-state index >= 15 is 0 Å². The minimum absolute atomic E-state index is 0.0415. The van der Waals surface area contributed by atoms with Gasteiger partial charge >= 0.3 is 0 Å². The highest BCUT2D eigenvalue weighted by Crippen LogP contribution is 2.50. The number of nitrogens with zero attached hydrogens (tertiary/aromatic N) is 1. The van der Waals surface area contributed by atoms with E-state index in [1.165, 1.54) is 97.7 Å². The lowest BCUT2D eigenvalue weighted by atomic mass is 9.81. The molecule has 0 fully saturated rings. The van der Waals surface area contributed by atoms with E-state index in [0.717, 1.165) is 17.1 Å². The van der Waals surface area contributed by atoms with Crippen LogP contribution >= 0.6 is 11.3 Å². The summed E-state index contributed by atoms with van der Waals surface area (Å²) in [6, 6.07) is 82.9. The lowest BCUT2D eigenvalue weighted by Crippen LogP contribution is -2.14. The Morgan fingerprint density at radius 2 is 0.825 bits per heavy atom. The van der Waals surface area contributed by atoms with Gasteiger partial charge in [-0.15, -0.1) is 11.3 Å². The third-order valence-corrected chi connectivity index (χ3v) is 14.4. The standard InChI is InChI=1S/C61H43NS/c1-61(2)57-19-7-5-17-53(57)54-33-27-49(38-58(54)61)42-25-30-51(31-26-42)62(52-32-34-60-56(39-52)55-18-6-8-20-59(55)63-60)50-28-23-41(24-29-50)44-13-9-14-45(35-44)46-15-10-16-47(37-46)48-22-21-40-11-3-4-12-43(40)36-48/h3-39H,1-2H3. The van der Waals surface area contributed by atoms with Crippen molar-refractivity contribution >= 4 is 59.3 Å². The highest BCUT2D eigenvalue weighted by molar-refractivity contribution is 7.25. The molecule has 0 saturated carbocycles. The van der Waals surface area contributed by atoms with Gasteiger partial charge in [0.25, 0.3) is 0 Å². The van der Waals surface area contributed by atoms with Crippen molar-refractivity contribution in [2.45, 2.75) is 19.3 Å². The fourth-order valence-electron chi connectivity index (χ4n) is 9.92. The molecule has 0 amide bonds. The Hall–Kier alpha value is -7.52. The van der Waals surface area contributed by atoms with Crippen LogP contribution in [0, 0.1) is 0 Å². The van der Waals surface area contributed by atoms with E-state index < -0.39 is 0 Å². The number of fused-ring (bicyclic) bond motifs is 7. The lowest BCUT2D eigenvalue weighted by Gasteiger charge is -2.26. The van der Waals surface area contributed by atoms with Crippen LogP contribution in [0.15, 0.2) is 224 Å². The Labute approximate surface area is 372 Å². The zero-order valence-electron chi connectivity index (χ0n) is 35.2. The summed E-state index contributed by atoms with van der Waals surface area (Å²) in [4.78, 5) is 2.40. The molecular weight excluding hydrogens is 779 g/mol. The average Bonchev–Trinajstić information content (AvgIpc) is 3.83. The number of thiophene rings is 1. The molecule has 2 heteroatoms. The molecule has 11 aromatic rings. The first-order valence-electron chi connectivity index (χ1n) is 21.8. The fraction of sp³-hybridized carbons (Fsp3) is 0.0492. The van der Waals surface area contributed by atoms with Crippen molar-refractivity contribution < 1.29 is 0 Å². The van der Waals surface area contributed by atoms with E-state index in [1.54, 1.807) is 0 Å². The Kier molecular flexibility index (Phi) is 8.77. The second-order valence-electron chi connectivity index (χ2n) is 17.4. The molecule has 0 bridgehead atoms. The molecule has 1 aliphatic rings. The van der Waals surface area contributed by atoms with E-state index in [-0.39, 0.29) is 5.41 Å². The zero-order chi connectivity index (χ0) is 42.1. The number of hydrogen-bond acceptors (Lipinski definition) is 2. The van der Waals surface area contributed by atoms with E-state index in [2.05, 4.69) is 243 Å². The highest BCUT2D eigenvalue weighted by Gasteiger charge is 2.35. The van der Waals surface area contributed by atoms with Crippen LogP contribution in [0.25, 0.3) is 86.6 Å². The van der Waals surface area contributed by atoms with Gasteiger partial charge in [-0.1, -0.05) is 166 Å². The third-order valence-electron chi connectivity index (χ3n) is 13.3. The second kappa shape index (κ2) is 14.8. The van der Waals surface area contributed by atoms with Crippen LogP contribution in [-0.4, -0.2) is 0 Å². The molecule has 0 saturated heterocycles. The highest BCUT2D eigenvalue weighted by atomic mass is 32.1. The zero-order valence-corrected chi connectivity index (χ0v) is 36.0. The van der Waals surface area contributed by atoms with Gasteiger partial charge in [-0.05, 0) is 150 Å². The molecule has 1 heterocycles. The summed E-state index contributed by atoms with van der Waals surface area (Å²) in [5.41, 5.74) is 18.5. The molecule has 12 rings (SSSR count). The first kappa shape index (κ1) is 37.3. The van der Waals surface area contributed by atoms with Gasteiger partial charge in [-0.3, -0.25) is 0 Å². The normalized spacial score (nSPS) is 12.7. The first-order chi connectivity index (χ1) is 30.9. The summed E-state index contributed by atoms with van der Waals surface area (Å²) in [5, 5.41) is 5.10. The Balaban J connectivity index is 0.891. The van der Waals surface area contributed by atoms with Crippen LogP contribution in [0.4, 0.5) is 17.1 Å². The minimum Gasteiger partial charge on any atom is -0.310 e. The van der Waals surface area contributed by atoms with Gasteiger partial charge in [0.2, 0.25) is 0 Å². The van der Waals surface area contributed by atoms with Gasteiger partial charge < -0.3 is 4.90 Å². The maximum Gasteiger partial charge on any atom is 0.0468 e. The minimum atomic E-state index is -0.0415. The molecule has 10 aromatic carbocycles. The summed E-state index contributed by atoms with van der Waals surface area (Å²) in [5.74, 6) is 0. The van der Waals surface area contributed by atoms with Crippen LogP contribution in [0.3, 0.4) is 0 Å². The molecule has 0 radical (unpaired) electrons. The van der Waals surface area contributed by atoms with Gasteiger partial charge in [-0.2, -0.15) is 0 Å². The van der Waals surface area contributed by atoms with Crippen molar-refractivity contribution in [3.8, 4) is 55.6 Å². The summed E-state index contributed by atoms with van der Waals surface area (Å²) >= 11 is 1.86. The van der Waals surface area contributed by atoms with Crippen LogP contribution in [0.5, 0.6) is 0 Å². The summed E-state index contributed by atoms with van der Waals surface area (Å²) < 4.78 is 2.61. The van der Waals surface area contributed by atoms with Gasteiger partial charge in [0.1, 0.15) is 0 Å². The van der Waals surface area contributed by atoms with Gasteiger partial charge in [-0.25, -0.2) is 0 Å². The molecule has 0 unspecified atom stereocenters. The molecule has 1 nitrogen and oxygen atoms in total. The molecule has 0 atom stereocenters. The predicted molar refractivity (Wildman–Crippen MR) is 271 cm³/mol. The molecule has 0 spiro atoms. The molecule has 63 heavy (non-hydrogen) atoms. The number of rotatable bonds is 7. The van der Waals surface area contributed by atoms with Crippen LogP contribution in [0.1, 0.15) is 25.0 Å². The molecule has 0 N–H and O–H groups in total. The topological polar surface area (TPSA) is 3.24 Å². The quantitative estimate of drug-likeness (QED) is 0.155. The van der Waals surface area contributed by atoms with Crippen molar-refractivity contribution in [3.05, 3.63) is 236 Å². The van der Waals surface area contributed by atoms with Crippen molar-refractivity contribution in [3.63, 3.8) is 0 Å². The van der Waals surface area contributed by atoms with Gasteiger partial charge in [0, 0.05) is 42.6 Å². The van der Waals surface area contributed by atoms with Crippen molar-refractivity contribution in [1.29, 1.82) is 0 Å². The maximum absolute atomic E-state index is 2.41. The predicted octanol–water partition coefficient (Wildman–Crippen LogP) is 17.7. The van der Waals surface area contributed by atoms with E-state index in [0.29, 0.717) is 0 Å². The van der Waals surface area contributed by atoms with E-state index in [1.807, 2.05) is 11.3 Å². The summed E-state index contributed by atoms with van der Waals surface area (Å²) in [7, 11) is 0. The smallest absolute Gasteiger partial charge is 0.0468 e. The third kappa shape index (κ3) is 6.45. The molecule has 1 aliphatic carbocycles. The van der Waals surface area contributed by atoms with Gasteiger partial charge in [0.05, 0.1) is 0 Å². The Morgan fingerprint density at radius 3 is 1.54 bits per heavy atom. The molecule has 1 aromatic heterocycles. The van der Waals surface area contributed by atoms with Gasteiger partial charge in [0.15, 0.2) is 0 Å². The second-order valence-corrected chi connectivity index (χ2v) is 18.4. The maximum atomic E-state index is 2.41. The molecular formula is C61H43NS. The number of anilines is 3. The van der Waals surface area contributed by atoms with Crippen LogP contribution in [-0.2, 0) is 5.41 Å². The summed E-state index contributed by atoms with van der Waals surface area (Å²) in [6.45, 7) is 4.70. The average molecular weight is 822 g/mol. The van der Waals surface area contributed by atoms with E-state index in [9.17, 15) is 0 Å². The van der Waals surface area contributed by atoms with E-state index in [4.69, 9.17) is 0 Å². The van der Waals surface area contributed by atoms with Crippen LogP contribution < -0.4 is 4.90 Å². The largest absolute Gasteiger partial charge is 0.310 e. The molecule has 298 valence electrons. The molecule has 0 aliphatic heterocycles. The van der Waals surface area contributed by atoms with Crippen molar-refractivity contribution in [2.75, 3.05) is 4.90 Å². The van der Waals surface area contributed by atoms with Crippen molar-refractivity contribution in [1.82, 2.24) is 0 Å². The first-order valence-corrected chi connectivity index (χ1v) is 22.6. The Bertz CT molecular complexity index is 3540. The monoisotopic (exact) mass is 821 g/mol. The SMILES string of the molecule is CC1(C)c2ccccc2-c2ccc(-c3ccc(N(c4ccc(-c5cccc(-c6cccc(-c7ccc8ccccc8c7)c6)c5)cc4)c4ccc5sc6ccccc6c5c4)cc3)cc21. The number of benzene rings is 10. The van der Waals surface area contributed by atoms with Crippen LogP contribution in [0.2, 0.25) is 0 Å². The lowest BCUT2D eigenvalue weighted by molar-refractivity contribution is 0.660. The fourth-order valence-corrected chi connectivity index (χ4v) is 11.0. The summed E-state index contributed by atoms with van der Waals surface area (Å²) in [6.07, 6.45) is 0. The van der Waals surface area contributed by atoms with Crippen molar-refractivity contribution in [2.24, 2.45) is 0 Å². The Morgan fingerprint density at radius 1 is 0.317 bits per heavy atom.